The predicted molar refractivity (Wildman–Crippen MR) is 81.9 cm³/mol. The van der Waals surface area contributed by atoms with Gasteiger partial charge in [-0.05, 0) is 39.7 Å². The number of aromatic nitrogens is 2. The van der Waals surface area contributed by atoms with Crippen LogP contribution in [-0.4, -0.2) is 28.3 Å². The normalized spacial score (nSPS) is 18.5. The number of anilines is 1. The lowest BCUT2D eigenvalue weighted by Crippen LogP contribution is -2.29. The zero-order chi connectivity index (χ0) is 15.1. The molecule has 0 aliphatic carbocycles. The van der Waals surface area contributed by atoms with Crippen molar-refractivity contribution in [3.63, 3.8) is 0 Å². The third-order valence-corrected chi connectivity index (χ3v) is 4.22. The average Bonchev–Trinajstić information content (AvgIpc) is 2.81. The second-order valence-corrected chi connectivity index (χ2v) is 5.95. The molecular weight excluding hydrogens is 360 g/mol. The highest BCUT2D eigenvalue weighted by molar-refractivity contribution is 9.10. The highest BCUT2D eigenvalue weighted by Gasteiger charge is 2.35. The fourth-order valence-electron chi connectivity index (χ4n) is 2.38. The Kier molecular flexibility index (Phi) is 3.54. The van der Waals surface area contributed by atoms with Gasteiger partial charge in [-0.3, -0.25) is 14.5 Å². The lowest BCUT2D eigenvalue weighted by atomic mass is 10.1. The fraction of sp³-hybridized carbons (Fsp3) is 0.231. The van der Waals surface area contributed by atoms with Gasteiger partial charge in [0.2, 0.25) is 17.1 Å². The number of para-hydroxylation sites is 1. The van der Waals surface area contributed by atoms with Crippen molar-refractivity contribution in [2.45, 2.75) is 6.42 Å². The van der Waals surface area contributed by atoms with E-state index in [1.165, 1.54) is 4.90 Å². The predicted octanol–water partition coefficient (Wildman–Crippen LogP) is 1.88. The number of hydrogen-bond donors (Lipinski definition) is 1. The number of fused-ring (bicyclic) bond motifs is 1. The Morgan fingerprint density at radius 3 is 2.86 bits per heavy atom. The lowest BCUT2D eigenvalue weighted by Gasteiger charge is -2.17. The molecule has 1 aromatic heterocycles. The van der Waals surface area contributed by atoms with Crippen LogP contribution in [0.2, 0.25) is 5.28 Å². The van der Waals surface area contributed by atoms with Gasteiger partial charge in [-0.2, -0.15) is 4.98 Å². The van der Waals surface area contributed by atoms with E-state index in [4.69, 9.17) is 17.3 Å². The summed E-state index contributed by atoms with van der Waals surface area (Å²) >= 11 is 9.35. The monoisotopic (exact) mass is 368 g/mol. The zero-order valence-electron chi connectivity index (χ0n) is 10.7. The molecule has 2 aromatic rings. The standard InChI is InChI=1S/C13H10BrClN4O2/c14-8-3-1-2-7-10(8)17-13(15)18-12(7)19-5-6(11(16)21)4-9(19)20/h1-3,6H,4-5H2,(H2,16,21). The minimum absolute atomic E-state index is 0.0414. The van der Waals surface area contributed by atoms with Crippen LogP contribution in [0.3, 0.4) is 0 Å². The van der Waals surface area contributed by atoms with Crippen molar-refractivity contribution in [1.29, 1.82) is 0 Å². The van der Waals surface area contributed by atoms with Gasteiger partial charge in [0.15, 0.2) is 0 Å². The first kappa shape index (κ1) is 14.2. The molecule has 2 heterocycles. The van der Waals surface area contributed by atoms with Crippen LogP contribution in [0.25, 0.3) is 10.9 Å². The summed E-state index contributed by atoms with van der Waals surface area (Å²) in [5.74, 6) is -0.792. The first-order valence-electron chi connectivity index (χ1n) is 6.19. The van der Waals surface area contributed by atoms with Crippen LogP contribution in [-0.2, 0) is 9.59 Å². The molecular formula is C13H10BrClN4O2. The SMILES string of the molecule is NC(=O)C1CC(=O)N(c2nc(Cl)nc3c(Br)cccc23)C1. The van der Waals surface area contributed by atoms with Crippen LogP contribution in [0.15, 0.2) is 22.7 Å². The third kappa shape index (κ3) is 2.47. The molecule has 1 unspecified atom stereocenters. The summed E-state index contributed by atoms with van der Waals surface area (Å²) in [6.45, 7) is 0.211. The van der Waals surface area contributed by atoms with E-state index in [0.29, 0.717) is 16.7 Å². The van der Waals surface area contributed by atoms with Crippen molar-refractivity contribution in [1.82, 2.24) is 9.97 Å². The number of carbonyl (C=O) groups excluding carboxylic acids is 2. The molecule has 6 nitrogen and oxygen atoms in total. The van der Waals surface area contributed by atoms with Crippen LogP contribution in [0, 0.1) is 5.92 Å². The number of nitrogens with two attached hydrogens (primary N) is 1. The summed E-state index contributed by atoms with van der Waals surface area (Å²) in [4.78, 5) is 33.2. The van der Waals surface area contributed by atoms with E-state index >= 15 is 0 Å². The quantitative estimate of drug-likeness (QED) is 0.819. The van der Waals surface area contributed by atoms with Crippen molar-refractivity contribution >= 4 is 56.1 Å². The maximum absolute atomic E-state index is 12.1. The van der Waals surface area contributed by atoms with E-state index < -0.39 is 11.8 Å². The first-order valence-corrected chi connectivity index (χ1v) is 7.36. The molecule has 108 valence electrons. The second-order valence-electron chi connectivity index (χ2n) is 4.76. The van der Waals surface area contributed by atoms with E-state index in [0.717, 1.165) is 4.47 Å². The maximum atomic E-state index is 12.1. The topological polar surface area (TPSA) is 89.2 Å². The van der Waals surface area contributed by atoms with Crippen LogP contribution >= 0.6 is 27.5 Å². The van der Waals surface area contributed by atoms with Crippen molar-refractivity contribution in [2.24, 2.45) is 11.7 Å². The molecule has 21 heavy (non-hydrogen) atoms. The Morgan fingerprint density at radius 2 is 2.19 bits per heavy atom. The number of benzene rings is 1. The molecule has 1 fully saturated rings. The number of carbonyl (C=O) groups is 2. The molecule has 1 aromatic carbocycles. The summed E-state index contributed by atoms with van der Waals surface area (Å²) in [6, 6.07) is 5.45. The maximum Gasteiger partial charge on any atom is 0.229 e. The summed E-state index contributed by atoms with van der Waals surface area (Å²) in [6.07, 6.45) is 0.0897. The number of nitrogens with zero attached hydrogens (tertiary/aromatic N) is 3. The van der Waals surface area contributed by atoms with Gasteiger partial charge in [-0.1, -0.05) is 6.07 Å². The van der Waals surface area contributed by atoms with E-state index in [9.17, 15) is 9.59 Å². The molecule has 0 radical (unpaired) electrons. The van der Waals surface area contributed by atoms with Crippen LogP contribution < -0.4 is 10.6 Å². The van der Waals surface area contributed by atoms with E-state index in [2.05, 4.69) is 25.9 Å². The molecule has 1 saturated heterocycles. The molecule has 8 heteroatoms. The van der Waals surface area contributed by atoms with E-state index in [-0.39, 0.29) is 24.2 Å². The zero-order valence-corrected chi connectivity index (χ0v) is 13.1. The Morgan fingerprint density at radius 1 is 1.43 bits per heavy atom. The van der Waals surface area contributed by atoms with Crippen molar-refractivity contribution in [3.8, 4) is 0 Å². The van der Waals surface area contributed by atoms with Crippen LogP contribution in [0.4, 0.5) is 5.82 Å². The van der Waals surface area contributed by atoms with Crippen molar-refractivity contribution in [3.05, 3.63) is 28.0 Å². The highest BCUT2D eigenvalue weighted by Crippen LogP contribution is 2.33. The Bertz CT molecular complexity index is 767. The number of primary amides is 1. The highest BCUT2D eigenvalue weighted by atomic mass is 79.9. The van der Waals surface area contributed by atoms with E-state index in [1.807, 2.05) is 12.1 Å². The smallest absolute Gasteiger partial charge is 0.229 e. The molecule has 1 aliphatic heterocycles. The summed E-state index contributed by atoms with van der Waals surface area (Å²) < 4.78 is 0.753. The lowest BCUT2D eigenvalue weighted by molar-refractivity contribution is -0.123. The van der Waals surface area contributed by atoms with Crippen molar-refractivity contribution in [2.75, 3.05) is 11.4 Å². The van der Waals surface area contributed by atoms with Gasteiger partial charge in [-0.25, -0.2) is 4.98 Å². The molecule has 3 rings (SSSR count). The van der Waals surface area contributed by atoms with Gasteiger partial charge in [-0.15, -0.1) is 0 Å². The first-order chi connectivity index (χ1) is 9.97. The largest absolute Gasteiger partial charge is 0.369 e. The van der Waals surface area contributed by atoms with Gasteiger partial charge < -0.3 is 5.73 Å². The second kappa shape index (κ2) is 5.23. The van der Waals surface area contributed by atoms with Crippen LogP contribution in [0.1, 0.15) is 6.42 Å². The summed E-state index contributed by atoms with van der Waals surface area (Å²) in [7, 11) is 0. The van der Waals surface area contributed by atoms with Crippen molar-refractivity contribution < 1.29 is 9.59 Å². The van der Waals surface area contributed by atoms with Gasteiger partial charge >= 0.3 is 0 Å². The molecule has 1 aliphatic rings. The van der Waals surface area contributed by atoms with E-state index in [1.54, 1.807) is 6.07 Å². The Labute approximate surface area is 133 Å². The summed E-state index contributed by atoms with van der Waals surface area (Å²) in [5, 5.41) is 0.729. The minimum atomic E-state index is -0.506. The van der Waals surface area contributed by atoms with Gasteiger partial charge in [0.05, 0.1) is 11.4 Å². The van der Waals surface area contributed by atoms with Crippen LogP contribution in [0.5, 0.6) is 0 Å². The number of hydrogen-bond acceptors (Lipinski definition) is 4. The summed E-state index contributed by atoms with van der Waals surface area (Å²) in [5.41, 5.74) is 5.90. The molecule has 2 N–H and O–H groups in total. The molecule has 1 atom stereocenters. The number of amides is 2. The minimum Gasteiger partial charge on any atom is -0.369 e. The van der Waals surface area contributed by atoms with Gasteiger partial charge in [0, 0.05) is 22.8 Å². The fourth-order valence-corrected chi connectivity index (χ4v) is 3.00. The molecule has 0 saturated carbocycles. The molecule has 0 bridgehead atoms. The average molecular weight is 370 g/mol. The van der Waals surface area contributed by atoms with Gasteiger partial charge in [0.1, 0.15) is 5.82 Å². The molecule has 0 spiro atoms. The van der Waals surface area contributed by atoms with Gasteiger partial charge in [0.25, 0.3) is 0 Å². The molecule has 2 amide bonds. The Hall–Kier alpha value is -1.73. The number of halogens is 2. The third-order valence-electron chi connectivity index (χ3n) is 3.41. The Balaban J connectivity index is 2.15. The number of rotatable bonds is 2.